The summed E-state index contributed by atoms with van der Waals surface area (Å²) in [6, 6.07) is 14.2. The lowest BCUT2D eigenvalue weighted by Crippen LogP contribution is -2.47. The summed E-state index contributed by atoms with van der Waals surface area (Å²) in [6.07, 6.45) is -0.301. The van der Waals surface area contributed by atoms with Gasteiger partial charge in [-0.1, -0.05) is 40.2 Å². The first-order valence-corrected chi connectivity index (χ1v) is 10.1. The summed E-state index contributed by atoms with van der Waals surface area (Å²) in [4.78, 5) is 25.1. The van der Waals surface area contributed by atoms with Gasteiger partial charge in [0.25, 0.3) is 0 Å². The molecule has 0 bridgehead atoms. The van der Waals surface area contributed by atoms with Gasteiger partial charge in [0.2, 0.25) is 5.91 Å². The number of benzene rings is 2. The molecular formula is C22H27BrN2O4. The molecule has 0 aliphatic carbocycles. The molecule has 2 rings (SSSR count). The number of halogens is 1. The van der Waals surface area contributed by atoms with Crippen LogP contribution in [0.25, 0.3) is 0 Å². The minimum Gasteiger partial charge on any atom is -0.444 e. The van der Waals surface area contributed by atoms with Crippen LogP contribution in [0.4, 0.5) is 10.5 Å². The number of anilines is 1. The maximum absolute atomic E-state index is 12.9. The second-order valence-electron chi connectivity index (χ2n) is 7.65. The van der Waals surface area contributed by atoms with Crippen LogP contribution >= 0.6 is 15.9 Å². The monoisotopic (exact) mass is 462 g/mol. The third kappa shape index (κ3) is 8.25. The zero-order chi connectivity index (χ0) is 21.4. The number of carbonyl (C=O) groups excluding carboxylic acids is 2. The van der Waals surface area contributed by atoms with E-state index >= 15 is 0 Å². The van der Waals surface area contributed by atoms with Gasteiger partial charge in [0, 0.05) is 23.7 Å². The highest BCUT2D eigenvalue weighted by Gasteiger charge is 2.25. The molecule has 0 aliphatic heterocycles. The van der Waals surface area contributed by atoms with Gasteiger partial charge < -0.3 is 20.1 Å². The van der Waals surface area contributed by atoms with Crippen LogP contribution in [0.1, 0.15) is 31.9 Å². The molecule has 156 valence electrons. The fourth-order valence-corrected chi connectivity index (χ4v) is 2.86. The van der Waals surface area contributed by atoms with Crippen molar-refractivity contribution in [1.82, 2.24) is 5.32 Å². The Morgan fingerprint density at radius 1 is 1.00 bits per heavy atom. The number of methoxy groups -OCH3 is 1. The van der Waals surface area contributed by atoms with Crippen molar-refractivity contribution in [1.29, 1.82) is 0 Å². The van der Waals surface area contributed by atoms with Crippen LogP contribution in [0, 0.1) is 0 Å². The lowest BCUT2D eigenvalue weighted by atomic mass is 10.1. The van der Waals surface area contributed by atoms with Gasteiger partial charge in [0.05, 0.1) is 6.61 Å². The number of amides is 2. The van der Waals surface area contributed by atoms with Gasteiger partial charge in [0.15, 0.2) is 0 Å². The van der Waals surface area contributed by atoms with Crippen molar-refractivity contribution in [3.05, 3.63) is 64.1 Å². The molecule has 0 aromatic heterocycles. The second-order valence-corrected chi connectivity index (χ2v) is 8.56. The highest BCUT2D eigenvalue weighted by molar-refractivity contribution is 9.10. The molecule has 2 aromatic carbocycles. The molecule has 29 heavy (non-hydrogen) atoms. The van der Waals surface area contributed by atoms with Crippen molar-refractivity contribution >= 4 is 33.6 Å². The van der Waals surface area contributed by atoms with Crippen LogP contribution in [0.15, 0.2) is 53.0 Å². The van der Waals surface area contributed by atoms with E-state index in [4.69, 9.17) is 9.47 Å². The standard InChI is InChI=1S/C22H27BrN2O4/c1-22(2,3)29-21(27)25-19(13-15-5-9-17(23)10-6-15)20(26)24-18-11-7-16(8-12-18)14-28-4/h5-12,19H,13-14H2,1-4H3,(H,24,26)(H,25,27)/t19-/m0/s1. The number of carbonyl (C=O) groups is 2. The number of nitrogens with one attached hydrogen (secondary N) is 2. The Morgan fingerprint density at radius 2 is 1.59 bits per heavy atom. The minimum absolute atomic E-state index is 0.321. The summed E-state index contributed by atoms with van der Waals surface area (Å²) in [5.74, 6) is -0.321. The smallest absolute Gasteiger partial charge is 0.408 e. The van der Waals surface area contributed by atoms with E-state index in [2.05, 4.69) is 26.6 Å². The van der Waals surface area contributed by atoms with Crippen LogP contribution in [-0.4, -0.2) is 30.8 Å². The maximum Gasteiger partial charge on any atom is 0.408 e. The average molecular weight is 463 g/mol. The quantitative estimate of drug-likeness (QED) is 0.626. The van der Waals surface area contributed by atoms with E-state index in [-0.39, 0.29) is 5.91 Å². The third-order valence-corrected chi connectivity index (χ3v) is 4.42. The van der Waals surface area contributed by atoms with Crippen LogP contribution in [0.3, 0.4) is 0 Å². The Bertz CT molecular complexity index is 814. The summed E-state index contributed by atoms with van der Waals surface area (Å²) in [7, 11) is 1.63. The largest absolute Gasteiger partial charge is 0.444 e. The molecule has 0 saturated carbocycles. The lowest BCUT2D eigenvalue weighted by Gasteiger charge is -2.23. The summed E-state index contributed by atoms with van der Waals surface area (Å²) in [6.45, 7) is 5.83. The Morgan fingerprint density at radius 3 is 2.14 bits per heavy atom. The molecule has 2 amide bonds. The van der Waals surface area contributed by atoms with Crippen LogP contribution in [0.2, 0.25) is 0 Å². The van der Waals surface area contributed by atoms with E-state index in [1.165, 1.54) is 0 Å². The van der Waals surface area contributed by atoms with Crippen molar-refractivity contribution in [2.75, 3.05) is 12.4 Å². The van der Waals surface area contributed by atoms with Crippen molar-refractivity contribution < 1.29 is 19.1 Å². The second kappa shape index (κ2) is 10.4. The zero-order valence-corrected chi connectivity index (χ0v) is 18.7. The fourth-order valence-electron chi connectivity index (χ4n) is 2.60. The van der Waals surface area contributed by atoms with Gasteiger partial charge in [0.1, 0.15) is 11.6 Å². The number of alkyl carbamates (subject to hydrolysis) is 1. The van der Waals surface area contributed by atoms with Crippen LogP contribution in [0.5, 0.6) is 0 Å². The molecule has 2 N–H and O–H groups in total. The van der Waals surface area contributed by atoms with Crippen molar-refractivity contribution in [3.8, 4) is 0 Å². The van der Waals surface area contributed by atoms with Gasteiger partial charge in [-0.3, -0.25) is 4.79 Å². The Balaban J connectivity index is 2.12. The van der Waals surface area contributed by atoms with E-state index in [1.54, 1.807) is 40.0 Å². The van der Waals surface area contributed by atoms with E-state index in [0.717, 1.165) is 15.6 Å². The zero-order valence-electron chi connectivity index (χ0n) is 17.1. The molecule has 1 atom stereocenters. The van der Waals surface area contributed by atoms with Gasteiger partial charge in [-0.2, -0.15) is 0 Å². The first kappa shape index (κ1) is 22.9. The first-order valence-electron chi connectivity index (χ1n) is 9.29. The van der Waals surface area contributed by atoms with Crippen LogP contribution in [-0.2, 0) is 27.3 Å². The summed E-state index contributed by atoms with van der Waals surface area (Å²) in [5.41, 5.74) is 1.91. The highest BCUT2D eigenvalue weighted by Crippen LogP contribution is 2.15. The van der Waals surface area contributed by atoms with E-state index < -0.39 is 17.7 Å². The SMILES string of the molecule is COCc1ccc(NC(=O)[C@H](Cc2ccc(Br)cc2)NC(=O)OC(C)(C)C)cc1. The fraction of sp³-hybridized carbons (Fsp3) is 0.364. The Labute approximate surface area is 180 Å². The van der Waals surface area contributed by atoms with Crippen molar-refractivity contribution in [2.45, 2.75) is 45.4 Å². The van der Waals surface area contributed by atoms with Gasteiger partial charge in [-0.25, -0.2) is 4.79 Å². The first-order chi connectivity index (χ1) is 13.7. The van der Waals surface area contributed by atoms with Gasteiger partial charge in [-0.15, -0.1) is 0 Å². The molecule has 0 spiro atoms. The highest BCUT2D eigenvalue weighted by atomic mass is 79.9. The van der Waals surface area contributed by atoms with E-state index in [1.807, 2.05) is 36.4 Å². The molecular weight excluding hydrogens is 436 g/mol. The van der Waals surface area contributed by atoms with Crippen molar-refractivity contribution in [2.24, 2.45) is 0 Å². The van der Waals surface area contributed by atoms with E-state index in [9.17, 15) is 9.59 Å². The predicted octanol–water partition coefficient (Wildman–Crippen LogP) is 4.67. The molecule has 0 unspecified atom stereocenters. The molecule has 0 heterocycles. The molecule has 7 heteroatoms. The summed E-state index contributed by atoms with van der Waals surface area (Å²) >= 11 is 3.40. The number of hydrogen-bond acceptors (Lipinski definition) is 4. The molecule has 0 radical (unpaired) electrons. The number of rotatable bonds is 7. The predicted molar refractivity (Wildman–Crippen MR) is 117 cm³/mol. The molecule has 0 fully saturated rings. The molecule has 2 aromatic rings. The van der Waals surface area contributed by atoms with E-state index in [0.29, 0.717) is 18.7 Å². The Hall–Kier alpha value is -2.38. The van der Waals surface area contributed by atoms with Gasteiger partial charge >= 0.3 is 6.09 Å². The third-order valence-electron chi connectivity index (χ3n) is 3.89. The normalized spacial score (nSPS) is 12.2. The average Bonchev–Trinajstić information content (AvgIpc) is 2.63. The number of ether oxygens (including phenoxy) is 2. The minimum atomic E-state index is -0.787. The molecule has 6 nitrogen and oxygen atoms in total. The molecule has 0 aliphatic rings. The summed E-state index contributed by atoms with van der Waals surface area (Å²) < 4.78 is 11.4. The van der Waals surface area contributed by atoms with Crippen molar-refractivity contribution in [3.63, 3.8) is 0 Å². The topological polar surface area (TPSA) is 76.7 Å². The molecule has 0 saturated heterocycles. The lowest BCUT2D eigenvalue weighted by molar-refractivity contribution is -0.118. The Kier molecular flexibility index (Phi) is 8.22. The number of hydrogen-bond donors (Lipinski definition) is 2. The summed E-state index contributed by atoms with van der Waals surface area (Å²) in [5, 5.41) is 5.54. The van der Waals surface area contributed by atoms with Crippen LogP contribution < -0.4 is 10.6 Å². The maximum atomic E-state index is 12.9. The van der Waals surface area contributed by atoms with Gasteiger partial charge in [-0.05, 0) is 56.2 Å².